The second-order valence-corrected chi connectivity index (χ2v) is 7.38. The van der Waals surface area contributed by atoms with Gasteiger partial charge < -0.3 is 15.0 Å². The van der Waals surface area contributed by atoms with E-state index in [4.69, 9.17) is 0 Å². The first-order valence-electron chi connectivity index (χ1n) is 7.76. The van der Waals surface area contributed by atoms with E-state index in [0.717, 1.165) is 25.7 Å². The van der Waals surface area contributed by atoms with Crippen molar-refractivity contribution in [3.63, 3.8) is 0 Å². The van der Waals surface area contributed by atoms with Crippen molar-refractivity contribution in [2.45, 2.75) is 64.5 Å². The number of hydrogen-bond donors (Lipinski definition) is 2. The van der Waals surface area contributed by atoms with E-state index in [-0.39, 0.29) is 11.1 Å². The van der Waals surface area contributed by atoms with Crippen LogP contribution in [0.15, 0.2) is 17.2 Å². The molecule has 0 saturated heterocycles. The van der Waals surface area contributed by atoms with E-state index in [1.54, 1.807) is 17.0 Å². The van der Waals surface area contributed by atoms with Gasteiger partial charge in [-0.05, 0) is 52.4 Å². The Kier molecular flexibility index (Phi) is 4.42. The molecule has 0 amide bonds. The largest absolute Gasteiger partial charge is 0.388 e. The van der Waals surface area contributed by atoms with Gasteiger partial charge in [0.05, 0.1) is 5.60 Å². The van der Waals surface area contributed by atoms with Crippen molar-refractivity contribution in [3.05, 3.63) is 22.7 Å². The second-order valence-electron chi connectivity index (χ2n) is 7.38. The molecule has 0 bridgehead atoms. The van der Waals surface area contributed by atoms with Gasteiger partial charge in [-0.1, -0.05) is 6.92 Å². The van der Waals surface area contributed by atoms with E-state index in [1.807, 2.05) is 20.8 Å². The van der Waals surface area contributed by atoms with Gasteiger partial charge in [-0.25, -0.2) is 4.98 Å². The van der Waals surface area contributed by atoms with E-state index >= 15 is 0 Å². The number of nitrogens with zero attached hydrogens (tertiary/aromatic N) is 2. The number of aromatic nitrogens is 2. The van der Waals surface area contributed by atoms with Gasteiger partial charge in [-0.2, -0.15) is 0 Å². The molecule has 1 heterocycles. The van der Waals surface area contributed by atoms with Gasteiger partial charge in [0, 0.05) is 24.5 Å². The van der Waals surface area contributed by atoms with Crippen molar-refractivity contribution >= 4 is 5.82 Å². The quantitative estimate of drug-likeness (QED) is 0.897. The third kappa shape index (κ3) is 3.84. The Labute approximate surface area is 126 Å². The summed E-state index contributed by atoms with van der Waals surface area (Å²) >= 11 is 0. The molecule has 118 valence electrons. The van der Waals surface area contributed by atoms with Crippen molar-refractivity contribution in [1.82, 2.24) is 9.55 Å². The summed E-state index contributed by atoms with van der Waals surface area (Å²) in [5.41, 5.74) is -1.14. The first-order valence-corrected chi connectivity index (χ1v) is 7.76. The Morgan fingerprint density at radius 3 is 2.62 bits per heavy atom. The average molecular weight is 293 g/mol. The van der Waals surface area contributed by atoms with E-state index < -0.39 is 5.60 Å². The van der Waals surface area contributed by atoms with E-state index in [0.29, 0.717) is 18.3 Å². The van der Waals surface area contributed by atoms with Crippen LogP contribution < -0.4 is 10.9 Å². The lowest BCUT2D eigenvalue weighted by Crippen LogP contribution is -2.42. The van der Waals surface area contributed by atoms with Gasteiger partial charge in [0.25, 0.3) is 5.56 Å². The van der Waals surface area contributed by atoms with Crippen molar-refractivity contribution < 1.29 is 5.11 Å². The maximum Gasteiger partial charge on any atom is 0.293 e. The molecular weight excluding hydrogens is 266 g/mol. The highest BCUT2D eigenvalue weighted by Gasteiger charge is 2.32. The van der Waals surface area contributed by atoms with Crippen LogP contribution in [0.1, 0.15) is 53.4 Å². The average Bonchev–Trinajstić information content (AvgIpc) is 2.40. The van der Waals surface area contributed by atoms with Gasteiger partial charge in [-0.15, -0.1) is 0 Å². The van der Waals surface area contributed by atoms with Crippen molar-refractivity contribution in [2.75, 3.05) is 11.9 Å². The monoisotopic (exact) mass is 293 g/mol. The highest BCUT2D eigenvalue weighted by atomic mass is 16.3. The molecule has 0 spiro atoms. The predicted molar refractivity (Wildman–Crippen MR) is 84.6 cm³/mol. The van der Waals surface area contributed by atoms with Crippen LogP contribution in [0.3, 0.4) is 0 Å². The molecule has 1 aromatic rings. The fraction of sp³-hybridized carbons (Fsp3) is 0.750. The Balaban J connectivity index is 2.09. The Morgan fingerprint density at radius 2 is 2.05 bits per heavy atom. The lowest BCUT2D eigenvalue weighted by Gasteiger charge is -2.35. The molecule has 0 unspecified atom stereocenters. The second kappa shape index (κ2) is 5.79. The molecule has 21 heavy (non-hydrogen) atoms. The zero-order valence-electron chi connectivity index (χ0n) is 13.5. The van der Waals surface area contributed by atoms with Crippen LogP contribution in [0, 0.1) is 5.92 Å². The molecule has 1 aliphatic rings. The normalized spacial score (nSPS) is 26.6. The fourth-order valence-electron chi connectivity index (χ4n) is 2.79. The topological polar surface area (TPSA) is 67.2 Å². The molecule has 1 fully saturated rings. The van der Waals surface area contributed by atoms with Gasteiger partial charge in [0.1, 0.15) is 0 Å². The number of aliphatic hydroxyl groups is 1. The summed E-state index contributed by atoms with van der Waals surface area (Å²) in [6, 6.07) is 0. The van der Waals surface area contributed by atoms with Crippen LogP contribution >= 0.6 is 0 Å². The first-order chi connectivity index (χ1) is 9.71. The van der Waals surface area contributed by atoms with Crippen LogP contribution in [-0.2, 0) is 5.54 Å². The zero-order chi connectivity index (χ0) is 15.7. The zero-order valence-corrected chi connectivity index (χ0v) is 13.5. The molecule has 0 aliphatic heterocycles. The minimum atomic E-state index is -0.719. The minimum Gasteiger partial charge on any atom is -0.388 e. The SMILES string of the molecule is CC1CCC(O)(CNc2nccn(C(C)(C)C)c2=O)CC1. The van der Waals surface area contributed by atoms with Crippen LogP contribution in [0.2, 0.25) is 0 Å². The lowest BCUT2D eigenvalue weighted by molar-refractivity contribution is 0.00491. The molecule has 5 nitrogen and oxygen atoms in total. The highest BCUT2D eigenvalue weighted by Crippen LogP contribution is 2.31. The van der Waals surface area contributed by atoms with E-state index in [2.05, 4.69) is 17.2 Å². The molecule has 1 aromatic heterocycles. The van der Waals surface area contributed by atoms with Gasteiger partial charge >= 0.3 is 0 Å². The van der Waals surface area contributed by atoms with Gasteiger partial charge in [-0.3, -0.25) is 4.79 Å². The van der Waals surface area contributed by atoms with Gasteiger partial charge in [0.2, 0.25) is 0 Å². The van der Waals surface area contributed by atoms with Crippen molar-refractivity contribution in [3.8, 4) is 0 Å². The maximum atomic E-state index is 12.4. The molecule has 0 aromatic carbocycles. The van der Waals surface area contributed by atoms with Crippen LogP contribution in [-0.4, -0.2) is 26.8 Å². The number of rotatable bonds is 3. The Bertz CT molecular complexity index is 537. The summed E-state index contributed by atoms with van der Waals surface area (Å²) in [7, 11) is 0. The summed E-state index contributed by atoms with van der Waals surface area (Å²) < 4.78 is 1.66. The Morgan fingerprint density at radius 1 is 1.43 bits per heavy atom. The highest BCUT2D eigenvalue weighted by molar-refractivity contribution is 5.32. The van der Waals surface area contributed by atoms with Crippen molar-refractivity contribution in [1.29, 1.82) is 0 Å². The van der Waals surface area contributed by atoms with Gasteiger partial charge in [0.15, 0.2) is 5.82 Å². The minimum absolute atomic E-state index is 0.141. The number of nitrogens with one attached hydrogen (secondary N) is 1. The summed E-state index contributed by atoms with van der Waals surface area (Å²) in [5, 5.41) is 13.6. The maximum absolute atomic E-state index is 12.4. The van der Waals surface area contributed by atoms with Crippen molar-refractivity contribution in [2.24, 2.45) is 5.92 Å². The third-order valence-electron chi connectivity index (χ3n) is 4.35. The van der Waals surface area contributed by atoms with E-state index in [1.165, 1.54) is 0 Å². The predicted octanol–water partition coefficient (Wildman–Crippen LogP) is 2.35. The van der Waals surface area contributed by atoms with Crippen LogP contribution in [0.4, 0.5) is 5.82 Å². The van der Waals surface area contributed by atoms with Crippen LogP contribution in [0.5, 0.6) is 0 Å². The molecule has 0 atom stereocenters. The molecule has 2 rings (SSSR count). The lowest BCUT2D eigenvalue weighted by atomic mass is 9.79. The molecular formula is C16H27N3O2. The summed E-state index contributed by atoms with van der Waals surface area (Å²) in [6.07, 6.45) is 6.95. The fourth-order valence-corrected chi connectivity index (χ4v) is 2.79. The molecule has 1 saturated carbocycles. The number of hydrogen-bond acceptors (Lipinski definition) is 4. The molecule has 1 aliphatic carbocycles. The molecule has 5 heteroatoms. The molecule has 2 N–H and O–H groups in total. The van der Waals surface area contributed by atoms with Crippen LogP contribution in [0.25, 0.3) is 0 Å². The summed E-state index contributed by atoms with van der Waals surface area (Å²) in [6.45, 7) is 8.54. The smallest absolute Gasteiger partial charge is 0.293 e. The molecule has 0 radical (unpaired) electrons. The first kappa shape index (κ1) is 16.0. The Hall–Kier alpha value is -1.36. The standard InChI is InChI=1S/C16H27N3O2/c1-12-5-7-16(21,8-6-12)11-18-13-14(20)19(10-9-17-13)15(2,3)4/h9-10,12,21H,5-8,11H2,1-4H3,(H,17,18). The summed E-state index contributed by atoms with van der Waals surface area (Å²) in [4.78, 5) is 16.5. The van der Waals surface area contributed by atoms with E-state index in [9.17, 15) is 9.90 Å². The third-order valence-corrected chi connectivity index (χ3v) is 4.35. The number of anilines is 1. The summed E-state index contributed by atoms with van der Waals surface area (Å²) in [5.74, 6) is 0.998.